The molecule has 0 bridgehead atoms. The number of rotatable bonds is 6. The molecule has 5 heteroatoms. The van der Waals surface area contributed by atoms with E-state index in [0.29, 0.717) is 17.5 Å². The van der Waals surface area contributed by atoms with Gasteiger partial charge in [-0.05, 0) is 50.7 Å². The van der Waals surface area contributed by atoms with Crippen molar-refractivity contribution in [3.63, 3.8) is 0 Å². The molecule has 0 aliphatic heterocycles. The molecule has 2 N–H and O–H groups in total. The highest BCUT2D eigenvalue weighted by atomic mass is 32.2. The van der Waals surface area contributed by atoms with Crippen LogP contribution in [0.25, 0.3) is 0 Å². The lowest BCUT2D eigenvalue weighted by molar-refractivity contribution is 0.248. The molecule has 1 aromatic rings. The lowest BCUT2D eigenvalue weighted by atomic mass is 9.80. The van der Waals surface area contributed by atoms with Crippen molar-refractivity contribution in [2.45, 2.75) is 62.0 Å². The molecule has 0 radical (unpaired) electrons. The van der Waals surface area contributed by atoms with Gasteiger partial charge in [0.25, 0.3) is 0 Å². The van der Waals surface area contributed by atoms with Crippen LogP contribution in [0.4, 0.5) is 0 Å². The quantitative estimate of drug-likeness (QED) is 0.845. The van der Waals surface area contributed by atoms with Gasteiger partial charge in [0.1, 0.15) is 0 Å². The van der Waals surface area contributed by atoms with Crippen molar-refractivity contribution < 1.29 is 8.42 Å². The lowest BCUT2D eigenvalue weighted by Gasteiger charge is -2.38. The average Bonchev–Trinajstić information content (AvgIpc) is 3.18. The Hall–Kier alpha value is -0.910. The zero-order valence-electron chi connectivity index (χ0n) is 11.9. The first-order valence-electron chi connectivity index (χ1n) is 7.34. The molecule has 2 aliphatic carbocycles. The Morgan fingerprint density at radius 1 is 1.25 bits per heavy atom. The molecule has 0 heterocycles. The van der Waals surface area contributed by atoms with Crippen molar-refractivity contribution in [2.24, 2.45) is 0 Å². The predicted octanol–water partition coefficient (Wildman–Crippen LogP) is 2.16. The van der Waals surface area contributed by atoms with Gasteiger partial charge in [0, 0.05) is 18.1 Å². The SMILES string of the molecule is CC1(NS(=O)(=O)c2ccccc2CNC2CC2)CCC1. The molecule has 0 aromatic heterocycles. The van der Waals surface area contributed by atoms with Crippen LogP contribution in [-0.4, -0.2) is 20.0 Å². The summed E-state index contributed by atoms with van der Waals surface area (Å²) >= 11 is 0. The topological polar surface area (TPSA) is 58.2 Å². The fourth-order valence-corrected chi connectivity index (χ4v) is 4.35. The average molecular weight is 294 g/mol. The minimum Gasteiger partial charge on any atom is -0.310 e. The molecule has 2 saturated carbocycles. The molecule has 2 fully saturated rings. The van der Waals surface area contributed by atoms with E-state index < -0.39 is 10.0 Å². The van der Waals surface area contributed by atoms with Crippen LogP contribution in [0.3, 0.4) is 0 Å². The highest BCUT2D eigenvalue weighted by Crippen LogP contribution is 2.33. The first kappa shape index (κ1) is 14.0. The number of nitrogens with one attached hydrogen (secondary N) is 2. The normalized spacial score (nSPS) is 21.4. The van der Waals surface area contributed by atoms with E-state index in [2.05, 4.69) is 10.0 Å². The van der Waals surface area contributed by atoms with Crippen LogP contribution in [0.15, 0.2) is 29.2 Å². The first-order chi connectivity index (χ1) is 9.49. The summed E-state index contributed by atoms with van der Waals surface area (Å²) in [5.74, 6) is 0. The Morgan fingerprint density at radius 3 is 2.55 bits per heavy atom. The second-order valence-electron chi connectivity index (χ2n) is 6.28. The van der Waals surface area contributed by atoms with Crippen LogP contribution >= 0.6 is 0 Å². The second kappa shape index (κ2) is 5.13. The van der Waals surface area contributed by atoms with Crippen LogP contribution in [0.5, 0.6) is 0 Å². The van der Waals surface area contributed by atoms with Crippen LogP contribution in [0.1, 0.15) is 44.6 Å². The largest absolute Gasteiger partial charge is 0.310 e. The van der Waals surface area contributed by atoms with E-state index in [0.717, 1.165) is 24.8 Å². The van der Waals surface area contributed by atoms with Gasteiger partial charge in [-0.25, -0.2) is 13.1 Å². The maximum atomic E-state index is 12.6. The Labute approximate surface area is 121 Å². The summed E-state index contributed by atoms with van der Waals surface area (Å²) in [5.41, 5.74) is 0.602. The van der Waals surface area contributed by atoms with Crippen LogP contribution in [0.2, 0.25) is 0 Å². The van der Waals surface area contributed by atoms with E-state index in [9.17, 15) is 8.42 Å². The Bertz CT molecular complexity index is 590. The molecular weight excluding hydrogens is 272 g/mol. The standard InChI is InChI=1S/C15H22N2O2S/c1-15(9-4-10-15)17-20(18,19)14-6-3-2-5-12(14)11-16-13-7-8-13/h2-3,5-6,13,16-17H,4,7-11H2,1H3. The van der Waals surface area contributed by atoms with E-state index >= 15 is 0 Å². The minimum atomic E-state index is -3.43. The van der Waals surface area contributed by atoms with Crippen molar-refractivity contribution in [3.05, 3.63) is 29.8 Å². The van der Waals surface area contributed by atoms with Crippen molar-refractivity contribution in [1.29, 1.82) is 0 Å². The summed E-state index contributed by atoms with van der Waals surface area (Å²) in [7, 11) is -3.43. The van der Waals surface area contributed by atoms with Crippen molar-refractivity contribution in [3.8, 4) is 0 Å². The van der Waals surface area contributed by atoms with Gasteiger partial charge in [0.15, 0.2) is 0 Å². The molecule has 3 rings (SSSR count). The monoisotopic (exact) mass is 294 g/mol. The van der Waals surface area contributed by atoms with Gasteiger partial charge in [0.05, 0.1) is 4.90 Å². The van der Waals surface area contributed by atoms with Gasteiger partial charge in [-0.2, -0.15) is 0 Å². The Kier molecular flexibility index (Phi) is 3.60. The molecule has 0 saturated heterocycles. The molecule has 0 amide bonds. The molecule has 0 atom stereocenters. The first-order valence-corrected chi connectivity index (χ1v) is 8.82. The Balaban J connectivity index is 1.80. The molecule has 2 aliphatic rings. The molecule has 0 unspecified atom stereocenters. The Morgan fingerprint density at radius 2 is 1.95 bits per heavy atom. The molecule has 0 spiro atoms. The van der Waals surface area contributed by atoms with E-state index in [1.54, 1.807) is 12.1 Å². The fraction of sp³-hybridized carbons (Fsp3) is 0.600. The van der Waals surface area contributed by atoms with Gasteiger partial charge >= 0.3 is 0 Å². The summed E-state index contributed by atoms with van der Waals surface area (Å²) in [6.45, 7) is 2.61. The van der Waals surface area contributed by atoms with E-state index in [1.807, 2.05) is 19.1 Å². The maximum Gasteiger partial charge on any atom is 0.241 e. The third kappa shape index (κ3) is 3.05. The number of sulfonamides is 1. The maximum absolute atomic E-state index is 12.6. The number of hydrogen-bond donors (Lipinski definition) is 2. The van der Waals surface area contributed by atoms with Gasteiger partial charge in [-0.1, -0.05) is 18.2 Å². The highest BCUT2D eigenvalue weighted by molar-refractivity contribution is 7.89. The lowest BCUT2D eigenvalue weighted by Crippen LogP contribution is -2.50. The summed E-state index contributed by atoms with van der Waals surface area (Å²) in [5, 5.41) is 3.38. The van der Waals surface area contributed by atoms with Gasteiger partial charge < -0.3 is 5.32 Å². The predicted molar refractivity (Wildman–Crippen MR) is 78.9 cm³/mol. The molecule has 20 heavy (non-hydrogen) atoms. The van der Waals surface area contributed by atoms with Crippen molar-refractivity contribution in [2.75, 3.05) is 0 Å². The second-order valence-corrected chi connectivity index (χ2v) is 7.93. The number of benzene rings is 1. The van der Waals surface area contributed by atoms with Gasteiger partial charge in [0.2, 0.25) is 10.0 Å². The van der Waals surface area contributed by atoms with E-state index in [-0.39, 0.29) is 5.54 Å². The fourth-order valence-electron chi connectivity index (χ4n) is 2.64. The zero-order valence-corrected chi connectivity index (χ0v) is 12.7. The van der Waals surface area contributed by atoms with Gasteiger partial charge in [-0.15, -0.1) is 0 Å². The van der Waals surface area contributed by atoms with Crippen LogP contribution < -0.4 is 10.0 Å². The van der Waals surface area contributed by atoms with Crippen molar-refractivity contribution >= 4 is 10.0 Å². The number of hydrogen-bond acceptors (Lipinski definition) is 3. The molecule has 1 aromatic carbocycles. The summed E-state index contributed by atoms with van der Waals surface area (Å²) < 4.78 is 28.0. The van der Waals surface area contributed by atoms with Crippen LogP contribution in [0, 0.1) is 0 Å². The molecule has 4 nitrogen and oxygen atoms in total. The highest BCUT2D eigenvalue weighted by Gasteiger charge is 2.36. The van der Waals surface area contributed by atoms with Crippen LogP contribution in [-0.2, 0) is 16.6 Å². The van der Waals surface area contributed by atoms with Gasteiger partial charge in [-0.3, -0.25) is 0 Å². The summed E-state index contributed by atoms with van der Waals surface area (Å²) in [6.07, 6.45) is 5.35. The summed E-state index contributed by atoms with van der Waals surface area (Å²) in [4.78, 5) is 0.418. The molecular formula is C15H22N2O2S. The minimum absolute atomic E-state index is 0.254. The van der Waals surface area contributed by atoms with Crippen molar-refractivity contribution in [1.82, 2.24) is 10.0 Å². The zero-order chi connectivity index (χ0) is 14.2. The molecule has 110 valence electrons. The van der Waals surface area contributed by atoms with E-state index in [4.69, 9.17) is 0 Å². The smallest absolute Gasteiger partial charge is 0.241 e. The third-order valence-electron chi connectivity index (χ3n) is 4.26. The third-order valence-corrected chi connectivity index (χ3v) is 6.00. The summed E-state index contributed by atoms with van der Waals surface area (Å²) in [6, 6.07) is 7.86. The van der Waals surface area contributed by atoms with E-state index in [1.165, 1.54) is 12.8 Å².